The molecule has 0 radical (unpaired) electrons. The molecule has 0 amide bonds. The van der Waals surface area contributed by atoms with Crippen LogP contribution in [0.1, 0.15) is 36.6 Å². The fraction of sp³-hybridized carbons (Fsp3) is 0.474. The van der Waals surface area contributed by atoms with Crippen LogP contribution in [0.4, 0.5) is 11.5 Å². The van der Waals surface area contributed by atoms with Crippen LogP contribution in [0.25, 0.3) is 21.6 Å². The Balaban J connectivity index is 1.63. The van der Waals surface area contributed by atoms with E-state index in [4.69, 9.17) is 10.5 Å². The molecule has 0 aromatic carbocycles. The first-order chi connectivity index (χ1) is 13.2. The van der Waals surface area contributed by atoms with E-state index in [1.807, 2.05) is 25.4 Å². The molecule has 0 bridgehead atoms. The van der Waals surface area contributed by atoms with E-state index in [0.717, 1.165) is 38.8 Å². The number of fused-ring (bicyclic) bond motifs is 1. The van der Waals surface area contributed by atoms with E-state index in [0.29, 0.717) is 18.3 Å². The van der Waals surface area contributed by atoms with Crippen molar-refractivity contribution in [1.29, 1.82) is 0 Å². The second kappa shape index (κ2) is 7.74. The second-order valence-electron chi connectivity index (χ2n) is 6.99. The van der Waals surface area contributed by atoms with E-state index in [1.54, 1.807) is 18.4 Å². The predicted octanol–water partition coefficient (Wildman–Crippen LogP) is 3.47. The summed E-state index contributed by atoms with van der Waals surface area (Å²) in [5, 5.41) is 10.7. The SMILES string of the molecule is COCCN(C)c1cnc2cc(-c3nnc(C4CCCC4)s3)c(N)nc2c1. The van der Waals surface area contributed by atoms with Gasteiger partial charge >= 0.3 is 0 Å². The lowest BCUT2D eigenvalue weighted by molar-refractivity contribution is 0.206. The zero-order valence-electron chi connectivity index (χ0n) is 15.7. The molecular formula is C19H24N6OS. The fourth-order valence-electron chi connectivity index (χ4n) is 3.47. The molecule has 7 nitrogen and oxygen atoms in total. The van der Waals surface area contributed by atoms with Crippen molar-refractivity contribution >= 4 is 33.9 Å². The van der Waals surface area contributed by atoms with E-state index in [-0.39, 0.29) is 0 Å². The lowest BCUT2D eigenvalue weighted by atomic mass is 10.1. The second-order valence-corrected chi connectivity index (χ2v) is 8.00. The zero-order valence-corrected chi connectivity index (χ0v) is 16.5. The molecule has 0 atom stereocenters. The molecule has 2 N–H and O–H groups in total. The average Bonchev–Trinajstić information content (AvgIpc) is 3.36. The molecule has 0 unspecified atom stereocenters. The molecule has 8 heteroatoms. The maximum absolute atomic E-state index is 6.25. The summed E-state index contributed by atoms with van der Waals surface area (Å²) in [7, 11) is 3.70. The van der Waals surface area contributed by atoms with Crippen LogP contribution in [0.2, 0.25) is 0 Å². The summed E-state index contributed by atoms with van der Waals surface area (Å²) in [5.74, 6) is 1.02. The Hall–Kier alpha value is -2.32. The van der Waals surface area contributed by atoms with Crippen molar-refractivity contribution in [2.75, 3.05) is 37.9 Å². The fourth-order valence-corrected chi connectivity index (χ4v) is 4.51. The summed E-state index contributed by atoms with van der Waals surface area (Å²) < 4.78 is 5.13. The number of hydrogen-bond donors (Lipinski definition) is 1. The first kappa shape index (κ1) is 18.1. The van der Waals surface area contributed by atoms with Crippen LogP contribution in [-0.2, 0) is 4.74 Å². The van der Waals surface area contributed by atoms with Crippen LogP contribution in [0.3, 0.4) is 0 Å². The topological polar surface area (TPSA) is 90.0 Å². The third-order valence-electron chi connectivity index (χ3n) is 5.13. The van der Waals surface area contributed by atoms with Gasteiger partial charge in [0.2, 0.25) is 0 Å². The van der Waals surface area contributed by atoms with Gasteiger partial charge in [-0.05, 0) is 25.0 Å². The van der Waals surface area contributed by atoms with Gasteiger partial charge in [0.1, 0.15) is 10.8 Å². The summed E-state index contributed by atoms with van der Waals surface area (Å²) >= 11 is 1.63. The Morgan fingerprint density at radius 1 is 1.22 bits per heavy atom. The van der Waals surface area contributed by atoms with Crippen molar-refractivity contribution in [3.63, 3.8) is 0 Å². The Labute approximate surface area is 162 Å². The lowest BCUT2D eigenvalue weighted by Gasteiger charge is -2.18. The summed E-state index contributed by atoms with van der Waals surface area (Å²) in [6, 6.07) is 3.97. The smallest absolute Gasteiger partial charge is 0.151 e. The lowest BCUT2D eigenvalue weighted by Crippen LogP contribution is -2.22. The van der Waals surface area contributed by atoms with Crippen LogP contribution >= 0.6 is 11.3 Å². The molecule has 4 rings (SSSR count). The summed E-state index contributed by atoms with van der Waals surface area (Å²) in [4.78, 5) is 11.2. The van der Waals surface area contributed by atoms with Gasteiger partial charge in [-0.2, -0.15) is 0 Å². The van der Waals surface area contributed by atoms with Gasteiger partial charge in [-0.3, -0.25) is 4.98 Å². The number of aromatic nitrogens is 4. The highest BCUT2D eigenvalue weighted by atomic mass is 32.1. The number of anilines is 2. The Bertz CT molecular complexity index is 937. The molecule has 1 aliphatic rings. The maximum Gasteiger partial charge on any atom is 0.151 e. The molecule has 27 heavy (non-hydrogen) atoms. The van der Waals surface area contributed by atoms with Crippen molar-refractivity contribution in [2.24, 2.45) is 0 Å². The minimum atomic E-state index is 0.468. The summed E-state index contributed by atoms with van der Waals surface area (Å²) in [6.45, 7) is 1.44. The minimum Gasteiger partial charge on any atom is -0.383 e. The molecule has 0 aliphatic heterocycles. The number of nitrogens with two attached hydrogens (primary N) is 1. The van der Waals surface area contributed by atoms with Crippen molar-refractivity contribution in [3.8, 4) is 10.6 Å². The normalized spacial score (nSPS) is 14.9. The highest BCUT2D eigenvalue weighted by Crippen LogP contribution is 2.38. The van der Waals surface area contributed by atoms with Gasteiger partial charge in [-0.1, -0.05) is 24.2 Å². The average molecular weight is 385 g/mol. The van der Waals surface area contributed by atoms with Crippen molar-refractivity contribution < 1.29 is 4.74 Å². The van der Waals surface area contributed by atoms with E-state index in [9.17, 15) is 0 Å². The van der Waals surface area contributed by atoms with Crippen molar-refractivity contribution in [1.82, 2.24) is 20.2 Å². The van der Waals surface area contributed by atoms with Gasteiger partial charge in [0.15, 0.2) is 5.01 Å². The quantitative estimate of drug-likeness (QED) is 0.696. The number of likely N-dealkylation sites (N-methyl/N-ethyl adjacent to an activating group) is 1. The predicted molar refractivity (Wildman–Crippen MR) is 109 cm³/mol. The van der Waals surface area contributed by atoms with E-state index in [1.165, 1.54) is 25.7 Å². The van der Waals surface area contributed by atoms with Crippen LogP contribution in [0.5, 0.6) is 0 Å². The van der Waals surface area contributed by atoms with Gasteiger partial charge < -0.3 is 15.4 Å². The van der Waals surface area contributed by atoms with Gasteiger partial charge in [0, 0.05) is 26.6 Å². The molecule has 1 fully saturated rings. The molecule has 1 saturated carbocycles. The molecule has 142 valence electrons. The molecule has 3 heterocycles. The summed E-state index contributed by atoms with van der Waals surface area (Å²) in [5.41, 5.74) is 9.64. The minimum absolute atomic E-state index is 0.468. The maximum atomic E-state index is 6.25. The number of nitrogen functional groups attached to an aromatic ring is 1. The number of ether oxygens (including phenoxy) is 1. The first-order valence-corrected chi connectivity index (χ1v) is 10.1. The number of hydrogen-bond acceptors (Lipinski definition) is 8. The molecule has 1 aliphatic carbocycles. The summed E-state index contributed by atoms with van der Waals surface area (Å²) in [6.07, 6.45) is 6.83. The highest BCUT2D eigenvalue weighted by molar-refractivity contribution is 7.14. The van der Waals surface area contributed by atoms with Gasteiger partial charge in [-0.25, -0.2) is 4.98 Å². The van der Waals surface area contributed by atoms with Crippen LogP contribution in [0, 0.1) is 0 Å². The van der Waals surface area contributed by atoms with Crippen LogP contribution < -0.4 is 10.6 Å². The third-order valence-corrected chi connectivity index (χ3v) is 6.25. The van der Waals surface area contributed by atoms with Crippen LogP contribution in [-0.4, -0.2) is 47.5 Å². The third kappa shape index (κ3) is 3.72. The van der Waals surface area contributed by atoms with Gasteiger partial charge in [0.05, 0.1) is 35.1 Å². The first-order valence-electron chi connectivity index (χ1n) is 9.26. The van der Waals surface area contributed by atoms with E-state index >= 15 is 0 Å². The Kier molecular flexibility index (Phi) is 5.18. The Morgan fingerprint density at radius 3 is 2.81 bits per heavy atom. The highest BCUT2D eigenvalue weighted by Gasteiger charge is 2.22. The molecule has 0 spiro atoms. The molecular weight excluding hydrogens is 360 g/mol. The number of methoxy groups -OCH3 is 1. The van der Waals surface area contributed by atoms with E-state index in [2.05, 4.69) is 25.1 Å². The molecule has 3 aromatic rings. The largest absolute Gasteiger partial charge is 0.383 e. The zero-order chi connectivity index (χ0) is 18.8. The van der Waals surface area contributed by atoms with E-state index < -0.39 is 0 Å². The number of rotatable bonds is 6. The van der Waals surface area contributed by atoms with Crippen molar-refractivity contribution in [3.05, 3.63) is 23.3 Å². The number of pyridine rings is 2. The monoisotopic (exact) mass is 384 g/mol. The van der Waals surface area contributed by atoms with Crippen molar-refractivity contribution in [2.45, 2.75) is 31.6 Å². The number of nitrogens with zero attached hydrogens (tertiary/aromatic N) is 5. The molecule has 3 aromatic heterocycles. The standard InChI is InChI=1S/C19H24N6OS/c1-25(7-8-26-2)13-9-16-15(21-11-13)10-14(17(20)22-16)19-24-23-18(27-19)12-5-3-4-6-12/h9-12H,3-8H2,1-2H3,(H2,20,22). The Morgan fingerprint density at radius 2 is 2.04 bits per heavy atom. The molecule has 0 saturated heterocycles. The van der Waals surface area contributed by atoms with Gasteiger partial charge in [0.25, 0.3) is 0 Å². The van der Waals surface area contributed by atoms with Gasteiger partial charge in [-0.15, -0.1) is 10.2 Å². The van der Waals surface area contributed by atoms with Crippen LogP contribution in [0.15, 0.2) is 18.3 Å².